The molecule has 0 atom stereocenters. The van der Waals surface area contributed by atoms with Crippen LogP contribution in [0.1, 0.15) is 21.3 Å². The van der Waals surface area contributed by atoms with E-state index in [0.717, 1.165) is 5.01 Å². The van der Waals surface area contributed by atoms with Gasteiger partial charge in [-0.05, 0) is 12.1 Å². The van der Waals surface area contributed by atoms with E-state index in [9.17, 15) is 4.79 Å². The number of hydrogen-bond donors (Lipinski definition) is 0. The predicted octanol–water partition coefficient (Wildman–Crippen LogP) is 2.11. The van der Waals surface area contributed by atoms with Gasteiger partial charge in [0.2, 0.25) is 5.76 Å². The molecule has 2 aromatic rings. The van der Waals surface area contributed by atoms with Gasteiger partial charge in [0.25, 0.3) is 0 Å². The highest BCUT2D eigenvalue weighted by molar-refractivity contribution is 7.09. The van der Waals surface area contributed by atoms with Gasteiger partial charge in [0.1, 0.15) is 5.76 Å². The number of thiazole rings is 1. The number of carbonyl (C=O) groups is 1. The second-order valence-electron chi connectivity index (χ2n) is 2.86. The van der Waals surface area contributed by atoms with Crippen LogP contribution in [0.25, 0.3) is 0 Å². The molecule has 0 aliphatic heterocycles. The van der Waals surface area contributed by atoms with Gasteiger partial charge >= 0.3 is 5.97 Å². The number of hydrogen-bond acceptors (Lipinski definition) is 5. The van der Waals surface area contributed by atoms with Gasteiger partial charge in [-0.3, -0.25) is 0 Å². The minimum absolute atomic E-state index is 0.226. The first-order chi connectivity index (χ1) is 7.29. The SMILES string of the molecule is COC(=O)c1ccc(Cc2nccs2)o1. The summed E-state index contributed by atoms with van der Waals surface area (Å²) in [5.41, 5.74) is 0. The summed E-state index contributed by atoms with van der Waals surface area (Å²) in [7, 11) is 1.32. The Morgan fingerprint density at radius 1 is 1.60 bits per heavy atom. The van der Waals surface area contributed by atoms with E-state index in [-0.39, 0.29) is 5.76 Å². The highest BCUT2D eigenvalue weighted by atomic mass is 32.1. The molecule has 0 saturated heterocycles. The number of carbonyl (C=O) groups excluding carboxylic acids is 1. The second-order valence-corrected chi connectivity index (χ2v) is 3.84. The third kappa shape index (κ3) is 2.24. The summed E-state index contributed by atoms with van der Waals surface area (Å²) in [4.78, 5) is 15.2. The van der Waals surface area contributed by atoms with E-state index in [1.165, 1.54) is 7.11 Å². The van der Waals surface area contributed by atoms with Crippen molar-refractivity contribution >= 4 is 17.3 Å². The molecule has 0 unspecified atom stereocenters. The number of nitrogens with zero attached hydrogens (tertiary/aromatic N) is 1. The van der Waals surface area contributed by atoms with Crippen molar-refractivity contribution in [1.82, 2.24) is 4.98 Å². The minimum atomic E-state index is -0.458. The van der Waals surface area contributed by atoms with Crippen LogP contribution < -0.4 is 0 Å². The van der Waals surface area contributed by atoms with Gasteiger partial charge < -0.3 is 9.15 Å². The van der Waals surface area contributed by atoms with Crippen LogP contribution in [0.15, 0.2) is 28.1 Å². The number of rotatable bonds is 3. The van der Waals surface area contributed by atoms with Crippen LogP contribution in [0.5, 0.6) is 0 Å². The molecule has 2 heterocycles. The lowest BCUT2D eigenvalue weighted by Crippen LogP contribution is -1.98. The van der Waals surface area contributed by atoms with Crippen LogP contribution >= 0.6 is 11.3 Å². The number of ether oxygens (including phenoxy) is 1. The summed E-state index contributed by atoms with van der Waals surface area (Å²) in [6.45, 7) is 0. The van der Waals surface area contributed by atoms with Crippen molar-refractivity contribution in [1.29, 1.82) is 0 Å². The van der Waals surface area contributed by atoms with E-state index >= 15 is 0 Å². The summed E-state index contributed by atoms with van der Waals surface area (Å²) in [6.07, 6.45) is 2.35. The summed E-state index contributed by atoms with van der Waals surface area (Å²) in [6, 6.07) is 3.36. The molecule has 0 saturated carbocycles. The van der Waals surface area contributed by atoms with Gasteiger partial charge in [0.05, 0.1) is 18.5 Å². The summed E-state index contributed by atoms with van der Waals surface area (Å²) >= 11 is 1.55. The van der Waals surface area contributed by atoms with E-state index in [1.54, 1.807) is 29.7 Å². The van der Waals surface area contributed by atoms with Crippen molar-refractivity contribution in [2.75, 3.05) is 7.11 Å². The van der Waals surface area contributed by atoms with Gasteiger partial charge in [-0.1, -0.05) is 0 Å². The Labute approximate surface area is 90.5 Å². The predicted molar refractivity (Wildman–Crippen MR) is 55.0 cm³/mol. The van der Waals surface area contributed by atoms with E-state index in [4.69, 9.17) is 4.42 Å². The minimum Gasteiger partial charge on any atom is -0.463 e. The third-order valence-corrected chi connectivity index (χ3v) is 2.64. The molecule has 0 aliphatic rings. The summed E-state index contributed by atoms with van der Waals surface area (Å²) in [5, 5.41) is 2.86. The third-order valence-electron chi connectivity index (χ3n) is 1.86. The van der Waals surface area contributed by atoms with Crippen LogP contribution in [-0.4, -0.2) is 18.1 Å². The molecule has 0 amide bonds. The molecule has 0 bridgehead atoms. The maximum absolute atomic E-state index is 11.1. The zero-order valence-electron chi connectivity index (χ0n) is 8.10. The Hall–Kier alpha value is -1.62. The molecule has 0 fully saturated rings. The number of aromatic nitrogens is 1. The van der Waals surface area contributed by atoms with Crippen LogP contribution in [0, 0.1) is 0 Å². The van der Waals surface area contributed by atoms with E-state index in [0.29, 0.717) is 12.2 Å². The topological polar surface area (TPSA) is 52.3 Å². The second kappa shape index (κ2) is 4.27. The highest BCUT2D eigenvalue weighted by Gasteiger charge is 2.11. The molecule has 2 aromatic heterocycles. The molecular weight excluding hydrogens is 214 g/mol. The fraction of sp³-hybridized carbons (Fsp3) is 0.200. The molecule has 0 aromatic carbocycles. The lowest BCUT2D eigenvalue weighted by atomic mass is 10.3. The first kappa shape index (κ1) is 9.92. The Balaban J connectivity index is 2.11. The molecule has 78 valence electrons. The molecule has 0 N–H and O–H groups in total. The number of methoxy groups -OCH3 is 1. The summed E-state index contributed by atoms with van der Waals surface area (Å²) < 4.78 is 9.84. The van der Waals surface area contributed by atoms with Crippen LogP contribution in [0.3, 0.4) is 0 Å². The highest BCUT2D eigenvalue weighted by Crippen LogP contribution is 2.15. The maximum Gasteiger partial charge on any atom is 0.373 e. The molecule has 0 aliphatic carbocycles. The Morgan fingerprint density at radius 3 is 3.13 bits per heavy atom. The van der Waals surface area contributed by atoms with Crippen molar-refractivity contribution in [3.05, 3.63) is 40.2 Å². The van der Waals surface area contributed by atoms with Crippen molar-refractivity contribution in [2.24, 2.45) is 0 Å². The average Bonchev–Trinajstić information content (AvgIpc) is 2.88. The number of esters is 1. The molecule has 0 spiro atoms. The lowest BCUT2D eigenvalue weighted by Gasteiger charge is -1.93. The van der Waals surface area contributed by atoms with Crippen molar-refractivity contribution in [3.8, 4) is 0 Å². The maximum atomic E-state index is 11.1. The fourth-order valence-electron chi connectivity index (χ4n) is 1.17. The number of furan rings is 1. The van der Waals surface area contributed by atoms with E-state index in [1.807, 2.05) is 5.38 Å². The zero-order chi connectivity index (χ0) is 10.7. The van der Waals surface area contributed by atoms with Crippen molar-refractivity contribution < 1.29 is 13.9 Å². The lowest BCUT2D eigenvalue weighted by molar-refractivity contribution is 0.0563. The van der Waals surface area contributed by atoms with Crippen LogP contribution in [0.4, 0.5) is 0 Å². The molecule has 0 radical (unpaired) electrons. The largest absolute Gasteiger partial charge is 0.463 e. The van der Waals surface area contributed by atoms with Crippen LogP contribution in [-0.2, 0) is 11.2 Å². The molecule has 15 heavy (non-hydrogen) atoms. The standard InChI is InChI=1S/C10H9NO3S/c1-13-10(12)8-3-2-7(14-8)6-9-11-4-5-15-9/h2-5H,6H2,1H3. The molecular formula is C10H9NO3S. The van der Waals surface area contributed by atoms with Gasteiger partial charge in [-0.25, -0.2) is 9.78 Å². The van der Waals surface area contributed by atoms with Gasteiger partial charge in [-0.15, -0.1) is 11.3 Å². The van der Waals surface area contributed by atoms with Crippen molar-refractivity contribution in [3.63, 3.8) is 0 Å². The fourth-order valence-corrected chi connectivity index (χ4v) is 1.80. The zero-order valence-corrected chi connectivity index (χ0v) is 8.91. The van der Waals surface area contributed by atoms with Gasteiger partial charge in [0, 0.05) is 11.6 Å². The van der Waals surface area contributed by atoms with Crippen molar-refractivity contribution in [2.45, 2.75) is 6.42 Å². The smallest absolute Gasteiger partial charge is 0.373 e. The van der Waals surface area contributed by atoms with Gasteiger partial charge in [0.15, 0.2) is 0 Å². The summed E-state index contributed by atoms with van der Waals surface area (Å²) in [5.74, 6) is 0.481. The Kier molecular flexibility index (Phi) is 2.82. The Morgan fingerprint density at radius 2 is 2.47 bits per heavy atom. The first-order valence-electron chi connectivity index (χ1n) is 4.35. The average molecular weight is 223 g/mol. The molecule has 5 heteroatoms. The Bertz CT molecular complexity index is 447. The quantitative estimate of drug-likeness (QED) is 0.748. The van der Waals surface area contributed by atoms with E-state index in [2.05, 4.69) is 9.72 Å². The molecule has 2 rings (SSSR count). The van der Waals surface area contributed by atoms with Gasteiger partial charge in [-0.2, -0.15) is 0 Å². The monoisotopic (exact) mass is 223 g/mol. The first-order valence-corrected chi connectivity index (χ1v) is 5.23. The van der Waals surface area contributed by atoms with E-state index < -0.39 is 5.97 Å². The molecule has 4 nitrogen and oxygen atoms in total. The normalized spacial score (nSPS) is 10.2. The van der Waals surface area contributed by atoms with Crippen LogP contribution in [0.2, 0.25) is 0 Å².